The third kappa shape index (κ3) is 2.84. The highest BCUT2D eigenvalue weighted by Crippen LogP contribution is 2.13. The van der Waals surface area contributed by atoms with E-state index in [4.69, 9.17) is 5.73 Å². The minimum absolute atomic E-state index is 0. The molecule has 0 aliphatic carbocycles. The molecule has 1 atom stereocenters. The predicted molar refractivity (Wildman–Crippen MR) is 55.8 cm³/mol. The van der Waals surface area contributed by atoms with E-state index in [0.717, 1.165) is 0 Å². The quantitative estimate of drug-likeness (QED) is 0.716. The van der Waals surface area contributed by atoms with Gasteiger partial charge in [-0.2, -0.15) is 0 Å². The number of halogens is 1. The molecule has 0 fully saturated rings. The highest BCUT2D eigenvalue weighted by atomic mass is 35.5. The molecule has 2 N–H and O–H groups in total. The first-order valence-corrected chi connectivity index (χ1v) is 3.93. The molecule has 0 saturated carbocycles. The molecule has 1 unspecified atom stereocenters. The summed E-state index contributed by atoms with van der Waals surface area (Å²) < 4.78 is 0. The summed E-state index contributed by atoms with van der Waals surface area (Å²) in [6, 6.07) is 6.58. The van der Waals surface area contributed by atoms with E-state index in [1.165, 1.54) is 16.7 Å². The van der Waals surface area contributed by atoms with Crippen molar-refractivity contribution in [1.29, 1.82) is 0 Å². The van der Waals surface area contributed by atoms with Crippen LogP contribution in [0.2, 0.25) is 0 Å². The van der Waals surface area contributed by atoms with E-state index in [-0.39, 0.29) is 18.4 Å². The van der Waals surface area contributed by atoms with E-state index in [2.05, 4.69) is 32.0 Å². The minimum Gasteiger partial charge on any atom is -0.324 e. The van der Waals surface area contributed by atoms with Gasteiger partial charge in [0.05, 0.1) is 0 Å². The van der Waals surface area contributed by atoms with Gasteiger partial charge in [0.1, 0.15) is 0 Å². The Hall–Kier alpha value is -0.530. The van der Waals surface area contributed by atoms with Crippen LogP contribution in [0.3, 0.4) is 0 Å². The van der Waals surface area contributed by atoms with E-state index in [1.807, 2.05) is 6.92 Å². The topological polar surface area (TPSA) is 26.0 Å². The monoisotopic (exact) mass is 185 g/mol. The van der Waals surface area contributed by atoms with E-state index in [0.29, 0.717) is 0 Å². The van der Waals surface area contributed by atoms with Crippen LogP contribution in [0.5, 0.6) is 0 Å². The summed E-state index contributed by atoms with van der Waals surface area (Å²) in [6.45, 7) is 6.20. The maximum absolute atomic E-state index is 5.75. The van der Waals surface area contributed by atoms with Gasteiger partial charge in [-0.25, -0.2) is 0 Å². The summed E-state index contributed by atoms with van der Waals surface area (Å²) in [5, 5.41) is 0. The van der Waals surface area contributed by atoms with Crippen molar-refractivity contribution >= 4 is 12.4 Å². The van der Waals surface area contributed by atoms with Crippen LogP contribution in [0.15, 0.2) is 18.2 Å². The largest absolute Gasteiger partial charge is 0.324 e. The lowest BCUT2D eigenvalue weighted by Gasteiger charge is -2.07. The fourth-order valence-electron chi connectivity index (χ4n) is 1.27. The van der Waals surface area contributed by atoms with Crippen molar-refractivity contribution < 1.29 is 0 Å². The summed E-state index contributed by atoms with van der Waals surface area (Å²) in [4.78, 5) is 0. The highest BCUT2D eigenvalue weighted by molar-refractivity contribution is 5.85. The van der Waals surface area contributed by atoms with Crippen molar-refractivity contribution in [2.45, 2.75) is 26.8 Å². The van der Waals surface area contributed by atoms with Crippen LogP contribution in [0.25, 0.3) is 0 Å². The average molecular weight is 186 g/mol. The Bertz CT molecular complexity index is 236. The lowest BCUT2D eigenvalue weighted by atomic mass is 10.0. The number of hydrogen-bond acceptors (Lipinski definition) is 1. The van der Waals surface area contributed by atoms with Crippen LogP contribution in [0.1, 0.15) is 29.7 Å². The summed E-state index contributed by atoms with van der Waals surface area (Å²) in [7, 11) is 0. The second kappa shape index (κ2) is 4.48. The van der Waals surface area contributed by atoms with Gasteiger partial charge in [0.15, 0.2) is 0 Å². The molecule has 0 aliphatic rings. The van der Waals surface area contributed by atoms with Crippen molar-refractivity contribution in [3.63, 3.8) is 0 Å². The smallest absolute Gasteiger partial charge is 0.0266 e. The predicted octanol–water partition coefficient (Wildman–Crippen LogP) is 2.74. The molecular weight excluding hydrogens is 170 g/mol. The van der Waals surface area contributed by atoms with Crippen molar-refractivity contribution in [2.24, 2.45) is 5.73 Å². The molecule has 0 spiro atoms. The Morgan fingerprint density at radius 2 is 1.50 bits per heavy atom. The zero-order chi connectivity index (χ0) is 8.43. The maximum atomic E-state index is 5.75. The molecule has 12 heavy (non-hydrogen) atoms. The van der Waals surface area contributed by atoms with Crippen molar-refractivity contribution in [3.8, 4) is 0 Å². The molecule has 0 saturated heterocycles. The summed E-state index contributed by atoms with van der Waals surface area (Å²) in [6.07, 6.45) is 0. The van der Waals surface area contributed by atoms with Crippen molar-refractivity contribution in [1.82, 2.24) is 0 Å². The number of hydrogen-bond donors (Lipinski definition) is 1. The molecule has 1 nitrogen and oxygen atoms in total. The molecular formula is C10H16ClN. The van der Waals surface area contributed by atoms with Crippen LogP contribution in [0, 0.1) is 13.8 Å². The Labute approximate surface area is 80.4 Å². The third-order valence-electron chi connectivity index (χ3n) is 1.77. The lowest BCUT2D eigenvalue weighted by molar-refractivity contribution is 0.815. The number of benzene rings is 1. The molecule has 1 aromatic rings. The fourth-order valence-corrected chi connectivity index (χ4v) is 1.27. The van der Waals surface area contributed by atoms with Crippen LogP contribution in [0.4, 0.5) is 0 Å². The van der Waals surface area contributed by atoms with E-state index < -0.39 is 0 Å². The Morgan fingerprint density at radius 1 is 1.08 bits per heavy atom. The van der Waals surface area contributed by atoms with Crippen LogP contribution >= 0.6 is 12.4 Å². The van der Waals surface area contributed by atoms with Gasteiger partial charge in [0, 0.05) is 6.04 Å². The molecule has 2 heteroatoms. The van der Waals surface area contributed by atoms with Gasteiger partial charge >= 0.3 is 0 Å². The van der Waals surface area contributed by atoms with Crippen molar-refractivity contribution in [3.05, 3.63) is 34.9 Å². The summed E-state index contributed by atoms with van der Waals surface area (Å²) in [5.74, 6) is 0. The Morgan fingerprint density at radius 3 is 1.83 bits per heavy atom. The molecule has 1 rings (SSSR count). The molecule has 68 valence electrons. The highest BCUT2D eigenvalue weighted by Gasteiger charge is 1.99. The maximum Gasteiger partial charge on any atom is 0.0266 e. The van der Waals surface area contributed by atoms with E-state index in [1.54, 1.807) is 0 Å². The Kier molecular flexibility index (Phi) is 4.29. The summed E-state index contributed by atoms with van der Waals surface area (Å²) in [5.41, 5.74) is 9.55. The first-order chi connectivity index (χ1) is 5.09. The SMILES string of the molecule is Cc1cc(C)cc(C(C)N)c1.Cl. The van der Waals surface area contributed by atoms with E-state index in [9.17, 15) is 0 Å². The van der Waals surface area contributed by atoms with Gasteiger partial charge in [0.2, 0.25) is 0 Å². The molecule has 0 aromatic heterocycles. The molecule has 0 heterocycles. The van der Waals surface area contributed by atoms with E-state index >= 15 is 0 Å². The molecule has 0 bridgehead atoms. The number of aryl methyl sites for hydroxylation is 2. The standard InChI is InChI=1S/C10H15N.ClH/c1-7-4-8(2)6-10(5-7)9(3)11;/h4-6,9H,11H2,1-3H3;1H. The Balaban J connectivity index is 0.00000121. The second-order valence-corrected chi connectivity index (χ2v) is 3.21. The van der Waals surface area contributed by atoms with Crippen molar-refractivity contribution in [2.75, 3.05) is 0 Å². The fraction of sp³-hybridized carbons (Fsp3) is 0.400. The zero-order valence-corrected chi connectivity index (χ0v) is 8.61. The first kappa shape index (κ1) is 11.5. The normalized spacial score (nSPS) is 12.0. The van der Waals surface area contributed by atoms with Crippen LogP contribution < -0.4 is 5.73 Å². The zero-order valence-electron chi connectivity index (χ0n) is 7.79. The molecule has 0 amide bonds. The lowest BCUT2D eigenvalue weighted by Crippen LogP contribution is -2.05. The average Bonchev–Trinajstić information content (AvgIpc) is 1.85. The molecule has 1 aromatic carbocycles. The van der Waals surface area contributed by atoms with Gasteiger partial charge < -0.3 is 5.73 Å². The second-order valence-electron chi connectivity index (χ2n) is 3.21. The summed E-state index contributed by atoms with van der Waals surface area (Å²) >= 11 is 0. The van der Waals surface area contributed by atoms with Gasteiger partial charge in [-0.3, -0.25) is 0 Å². The number of nitrogens with two attached hydrogens (primary N) is 1. The molecule has 0 radical (unpaired) electrons. The first-order valence-electron chi connectivity index (χ1n) is 3.93. The number of rotatable bonds is 1. The third-order valence-corrected chi connectivity index (χ3v) is 1.77. The minimum atomic E-state index is 0. The van der Waals surface area contributed by atoms with Crippen LogP contribution in [-0.4, -0.2) is 0 Å². The van der Waals surface area contributed by atoms with Gasteiger partial charge in [-0.05, 0) is 26.3 Å². The van der Waals surface area contributed by atoms with Crippen LogP contribution in [-0.2, 0) is 0 Å². The molecule has 0 aliphatic heterocycles. The van der Waals surface area contributed by atoms with Gasteiger partial charge in [-0.15, -0.1) is 12.4 Å². The van der Waals surface area contributed by atoms with Gasteiger partial charge in [0.25, 0.3) is 0 Å². The van der Waals surface area contributed by atoms with Gasteiger partial charge in [-0.1, -0.05) is 29.3 Å².